The molecule has 1 aromatic heterocycles. The van der Waals surface area contributed by atoms with Crippen LogP contribution in [0, 0.1) is 0 Å². The third kappa shape index (κ3) is 1.83. The molecule has 0 amide bonds. The molecule has 0 saturated heterocycles. The van der Waals surface area contributed by atoms with E-state index in [4.69, 9.17) is 5.11 Å². The Balaban J connectivity index is 3.02. The highest BCUT2D eigenvalue weighted by atomic mass is 16.3. The first kappa shape index (κ1) is 9.20. The Kier molecular flexibility index (Phi) is 3.23. The van der Waals surface area contributed by atoms with Gasteiger partial charge in [-0.2, -0.15) is 0 Å². The minimum atomic E-state index is 0.0387. The van der Waals surface area contributed by atoms with Crippen molar-refractivity contribution in [3.63, 3.8) is 0 Å². The minimum absolute atomic E-state index is 0.0387. The molecule has 2 nitrogen and oxygen atoms in total. The summed E-state index contributed by atoms with van der Waals surface area (Å²) >= 11 is 0. The van der Waals surface area contributed by atoms with E-state index in [9.17, 15) is 0 Å². The van der Waals surface area contributed by atoms with Crippen molar-refractivity contribution in [2.24, 2.45) is 0 Å². The maximum Gasteiger partial charge on any atom is 0.0853 e. The van der Waals surface area contributed by atoms with Gasteiger partial charge in [-0.05, 0) is 24.5 Å². The van der Waals surface area contributed by atoms with Crippen LogP contribution in [-0.2, 0) is 19.4 Å². The normalized spacial score (nSPS) is 10.2. The highest BCUT2D eigenvalue weighted by molar-refractivity contribution is 5.22. The van der Waals surface area contributed by atoms with E-state index in [1.807, 2.05) is 6.07 Å². The van der Waals surface area contributed by atoms with Crippen molar-refractivity contribution in [1.29, 1.82) is 0 Å². The van der Waals surface area contributed by atoms with Crippen molar-refractivity contribution < 1.29 is 5.11 Å². The molecular weight excluding hydrogens is 150 g/mol. The highest BCUT2D eigenvalue weighted by Crippen LogP contribution is 2.09. The lowest BCUT2D eigenvalue weighted by molar-refractivity contribution is 0.276. The fraction of sp³-hybridized carbons (Fsp3) is 0.500. The number of rotatable bonds is 3. The van der Waals surface area contributed by atoms with Crippen LogP contribution in [0.2, 0.25) is 0 Å². The number of pyridine rings is 1. The summed E-state index contributed by atoms with van der Waals surface area (Å²) in [6.45, 7) is 4.24. The first-order chi connectivity index (χ1) is 5.81. The van der Waals surface area contributed by atoms with Gasteiger partial charge in [-0.3, -0.25) is 4.98 Å². The number of aliphatic hydroxyl groups is 1. The van der Waals surface area contributed by atoms with Gasteiger partial charge in [0.15, 0.2) is 0 Å². The van der Waals surface area contributed by atoms with Crippen molar-refractivity contribution >= 4 is 0 Å². The molecule has 2 heteroatoms. The summed E-state index contributed by atoms with van der Waals surface area (Å²) in [7, 11) is 0. The predicted octanol–water partition coefficient (Wildman–Crippen LogP) is 1.70. The van der Waals surface area contributed by atoms with Gasteiger partial charge in [-0.1, -0.05) is 19.9 Å². The molecule has 1 aromatic rings. The number of aryl methyl sites for hydroxylation is 2. The molecule has 0 unspecified atom stereocenters. The van der Waals surface area contributed by atoms with Crippen LogP contribution in [0.15, 0.2) is 12.1 Å². The quantitative estimate of drug-likeness (QED) is 0.739. The fourth-order valence-corrected chi connectivity index (χ4v) is 1.29. The second kappa shape index (κ2) is 4.21. The van der Waals surface area contributed by atoms with Crippen LogP contribution in [0.4, 0.5) is 0 Å². The lowest BCUT2D eigenvalue weighted by Crippen LogP contribution is -1.99. The molecule has 12 heavy (non-hydrogen) atoms. The van der Waals surface area contributed by atoms with Crippen LogP contribution in [0.25, 0.3) is 0 Å². The Labute approximate surface area is 73.3 Å². The zero-order chi connectivity index (χ0) is 8.97. The minimum Gasteiger partial charge on any atom is -0.390 e. The van der Waals surface area contributed by atoms with Crippen molar-refractivity contribution in [2.75, 3.05) is 0 Å². The van der Waals surface area contributed by atoms with E-state index in [0.717, 1.165) is 24.2 Å². The van der Waals surface area contributed by atoms with Crippen LogP contribution in [-0.4, -0.2) is 10.1 Å². The lowest BCUT2D eigenvalue weighted by Gasteiger charge is -2.05. The lowest BCUT2D eigenvalue weighted by atomic mass is 10.1. The maximum absolute atomic E-state index is 8.86. The van der Waals surface area contributed by atoms with E-state index in [2.05, 4.69) is 24.9 Å². The average Bonchev–Trinajstić information content (AvgIpc) is 2.16. The summed E-state index contributed by atoms with van der Waals surface area (Å²) in [4.78, 5) is 4.33. The van der Waals surface area contributed by atoms with Gasteiger partial charge in [0.05, 0.1) is 12.3 Å². The van der Waals surface area contributed by atoms with E-state index in [0.29, 0.717) is 0 Å². The van der Waals surface area contributed by atoms with Gasteiger partial charge in [0.25, 0.3) is 0 Å². The van der Waals surface area contributed by atoms with Gasteiger partial charge in [-0.15, -0.1) is 0 Å². The average molecular weight is 165 g/mol. The molecule has 0 bridgehead atoms. The molecule has 0 aliphatic carbocycles. The van der Waals surface area contributed by atoms with Crippen LogP contribution in [0.3, 0.4) is 0 Å². The molecule has 0 aliphatic heterocycles. The second-order valence-corrected chi connectivity index (χ2v) is 2.77. The predicted molar refractivity (Wildman–Crippen MR) is 48.9 cm³/mol. The zero-order valence-corrected chi connectivity index (χ0v) is 7.67. The summed E-state index contributed by atoms with van der Waals surface area (Å²) in [6.07, 6.45) is 1.96. The standard InChI is InChI=1S/C10H15NO/c1-3-8-5-6-9(7-12)11-10(8)4-2/h5-6,12H,3-4,7H2,1-2H3. The molecule has 0 saturated carbocycles. The number of aromatic nitrogens is 1. The van der Waals surface area contributed by atoms with Crippen LogP contribution in [0.1, 0.15) is 30.8 Å². The van der Waals surface area contributed by atoms with Crippen molar-refractivity contribution in [2.45, 2.75) is 33.3 Å². The third-order valence-corrected chi connectivity index (χ3v) is 2.00. The first-order valence-electron chi connectivity index (χ1n) is 4.40. The third-order valence-electron chi connectivity index (χ3n) is 2.00. The van der Waals surface area contributed by atoms with Gasteiger partial charge in [-0.25, -0.2) is 0 Å². The number of aliphatic hydroxyl groups excluding tert-OH is 1. The summed E-state index contributed by atoms with van der Waals surface area (Å²) in [6, 6.07) is 3.94. The SMILES string of the molecule is CCc1ccc(CO)nc1CC. The fourth-order valence-electron chi connectivity index (χ4n) is 1.29. The van der Waals surface area contributed by atoms with Gasteiger partial charge < -0.3 is 5.11 Å². The van der Waals surface area contributed by atoms with Gasteiger partial charge in [0, 0.05) is 5.69 Å². The Morgan fingerprint density at radius 2 is 2.00 bits per heavy atom. The Hall–Kier alpha value is -0.890. The molecule has 0 fully saturated rings. The van der Waals surface area contributed by atoms with Crippen molar-refractivity contribution in [1.82, 2.24) is 4.98 Å². The Morgan fingerprint density at radius 3 is 2.50 bits per heavy atom. The van der Waals surface area contributed by atoms with E-state index in [1.54, 1.807) is 0 Å². The van der Waals surface area contributed by atoms with Crippen LogP contribution < -0.4 is 0 Å². The molecule has 0 aliphatic rings. The summed E-state index contributed by atoms with van der Waals surface area (Å²) < 4.78 is 0. The van der Waals surface area contributed by atoms with Gasteiger partial charge in [0.1, 0.15) is 0 Å². The van der Waals surface area contributed by atoms with Crippen molar-refractivity contribution in [3.05, 3.63) is 29.1 Å². The summed E-state index contributed by atoms with van der Waals surface area (Å²) in [5.74, 6) is 0. The molecule has 0 radical (unpaired) electrons. The van der Waals surface area contributed by atoms with Crippen LogP contribution in [0.5, 0.6) is 0 Å². The topological polar surface area (TPSA) is 33.1 Å². The molecule has 1 heterocycles. The largest absolute Gasteiger partial charge is 0.390 e. The Morgan fingerprint density at radius 1 is 1.25 bits per heavy atom. The molecule has 66 valence electrons. The molecule has 0 atom stereocenters. The highest BCUT2D eigenvalue weighted by Gasteiger charge is 2.00. The molecule has 0 aromatic carbocycles. The summed E-state index contributed by atoms with van der Waals surface area (Å²) in [5, 5.41) is 8.86. The zero-order valence-electron chi connectivity index (χ0n) is 7.67. The summed E-state index contributed by atoms with van der Waals surface area (Å²) in [5.41, 5.74) is 3.17. The molecular formula is C10H15NO. The van der Waals surface area contributed by atoms with Gasteiger partial charge in [0.2, 0.25) is 0 Å². The van der Waals surface area contributed by atoms with E-state index in [-0.39, 0.29) is 6.61 Å². The van der Waals surface area contributed by atoms with Crippen LogP contribution >= 0.6 is 0 Å². The number of hydrogen-bond acceptors (Lipinski definition) is 2. The number of nitrogens with zero attached hydrogens (tertiary/aromatic N) is 1. The molecule has 1 rings (SSSR count). The van der Waals surface area contributed by atoms with E-state index < -0.39 is 0 Å². The smallest absolute Gasteiger partial charge is 0.0853 e. The second-order valence-electron chi connectivity index (χ2n) is 2.77. The van der Waals surface area contributed by atoms with Gasteiger partial charge >= 0.3 is 0 Å². The van der Waals surface area contributed by atoms with E-state index in [1.165, 1.54) is 5.56 Å². The maximum atomic E-state index is 8.86. The number of hydrogen-bond donors (Lipinski definition) is 1. The van der Waals surface area contributed by atoms with Crippen molar-refractivity contribution in [3.8, 4) is 0 Å². The monoisotopic (exact) mass is 165 g/mol. The Bertz CT molecular complexity index is 258. The molecule has 0 spiro atoms. The first-order valence-corrected chi connectivity index (χ1v) is 4.40. The molecule has 1 N–H and O–H groups in total. The van der Waals surface area contributed by atoms with E-state index >= 15 is 0 Å².